The van der Waals surface area contributed by atoms with Crippen molar-refractivity contribution in [3.63, 3.8) is 0 Å². The Balaban J connectivity index is 1.25. The molecule has 0 aliphatic carbocycles. The molecule has 2 heterocycles. The predicted octanol–water partition coefficient (Wildman–Crippen LogP) is 2.36. The number of piperazine rings is 1. The van der Waals surface area contributed by atoms with Gasteiger partial charge in [-0.05, 0) is 49.4 Å². The van der Waals surface area contributed by atoms with Gasteiger partial charge in [0.1, 0.15) is 12.4 Å². The molecule has 7 nitrogen and oxygen atoms in total. The number of rotatable bonds is 7. The molecule has 32 heavy (non-hydrogen) atoms. The predicted molar refractivity (Wildman–Crippen MR) is 129 cm³/mol. The summed E-state index contributed by atoms with van der Waals surface area (Å²) >= 11 is 0. The Morgan fingerprint density at radius 2 is 1.69 bits per heavy atom. The zero-order valence-corrected chi connectivity index (χ0v) is 18.8. The first kappa shape index (κ1) is 22.2. The highest BCUT2D eigenvalue weighted by Crippen LogP contribution is 2.26. The molecule has 0 unspecified atom stereocenters. The second-order valence-electron chi connectivity index (χ2n) is 8.24. The maximum absolute atomic E-state index is 11.7. The summed E-state index contributed by atoms with van der Waals surface area (Å²) in [6.45, 7) is 8.70. The molecule has 1 fully saturated rings. The molecule has 0 spiro atoms. The number of ether oxygens (including phenoxy) is 1. The van der Waals surface area contributed by atoms with Gasteiger partial charge in [-0.15, -0.1) is 0 Å². The number of hydrogen-bond donors (Lipinski definition) is 1. The van der Waals surface area contributed by atoms with Crippen LogP contribution in [0.5, 0.6) is 5.75 Å². The summed E-state index contributed by atoms with van der Waals surface area (Å²) in [7, 11) is 0. The summed E-state index contributed by atoms with van der Waals surface area (Å²) in [4.78, 5) is 20.5. The highest BCUT2D eigenvalue weighted by molar-refractivity contribution is 5.78. The van der Waals surface area contributed by atoms with Crippen molar-refractivity contribution in [3.05, 3.63) is 66.4 Å². The molecule has 2 aromatic rings. The van der Waals surface area contributed by atoms with Crippen LogP contribution in [0.1, 0.15) is 6.92 Å². The van der Waals surface area contributed by atoms with Crippen LogP contribution in [-0.4, -0.2) is 74.8 Å². The Hall–Kier alpha value is -3.03. The van der Waals surface area contributed by atoms with Crippen molar-refractivity contribution in [2.24, 2.45) is 5.73 Å². The Morgan fingerprint density at radius 3 is 2.38 bits per heavy atom. The Bertz CT molecular complexity index is 908. The van der Waals surface area contributed by atoms with Crippen LogP contribution in [0.4, 0.5) is 11.4 Å². The lowest BCUT2D eigenvalue weighted by Crippen LogP contribution is -2.50. The summed E-state index contributed by atoms with van der Waals surface area (Å²) in [6.07, 6.45) is 2.27. The standard InChI is InChI=1S/C25H33N5O2/c1-21-11-12-29(20-30(21)23-5-3-2-4-6-23)22-7-9-24(10-8-22)32-18-17-27-13-15-28(16-14-27)25(31)19-26/h2-11H,12-20,26H2,1H3. The molecule has 0 radical (unpaired) electrons. The second-order valence-corrected chi connectivity index (χ2v) is 8.24. The second kappa shape index (κ2) is 10.5. The van der Waals surface area contributed by atoms with Crippen molar-refractivity contribution in [2.75, 3.05) is 68.9 Å². The van der Waals surface area contributed by atoms with Crippen LogP contribution >= 0.6 is 0 Å². The SMILES string of the molecule is CC1=CCN(c2ccc(OCCN3CCN(C(=O)CN)CC3)cc2)CN1c1ccccc1. The topological polar surface area (TPSA) is 65.3 Å². The van der Waals surface area contributed by atoms with Gasteiger partial charge in [0.2, 0.25) is 5.91 Å². The van der Waals surface area contributed by atoms with Gasteiger partial charge in [0.05, 0.1) is 13.2 Å². The third-order valence-electron chi connectivity index (χ3n) is 6.19. The summed E-state index contributed by atoms with van der Waals surface area (Å²) in [5, 5.41) is 0. The van der Waals surface area contributed by atoms with Gasteiger partial charge in [0.15, 0.2) is 0 Å². The minimum atomic E-state index is 0.0345. The monoisotopic (exact) mass is 435 g/mol. The molecule has 1 saturated heterocycles. The number of nitrogens with zero attached hydrogens (tertiary/aromatic N) is 4. The quantitative estimate of drug-likeness (QED) is 0.720. The van der Waals surface area contributed by atoms with Crippen LogP contribution in [0, 0.1) is 0 Å². The zero-order chi connectivity index (χ0) is 22.3. The van der Waals surface area contributed by atoms with E-state index in [1.54, 1.807) is 0 Å². The third-order valence-corrected chi connectivity index (χ3v) is 6.19. The van der Waals surface area contributed by atoms with Crippen LogP contribution in [0.2, 0.25) is 0 Å². The lowest BCUT2D eigenvalue weighted by molar-refractivity contribution is -0.131. The normalized spacial score (nSPS) is 17.3. The molecule has 1 amide bonds. The number of allylic oxidation sites excluding steroid dienone is 1. The van der Waals surface area contributed by atoms with Crippen molar-refractivity contribution >= 4 is 17.3 Å². The molecule has 2 aliphatic heterocycles. The minimum absolute atomic E-state index is 0.0345. The first-order valence-electron chi connectivity index (χ1n) is 11.3. The van der Waals surface area contributed by atoms with Gasteiger partial charge < -0.3 is 25.2 Å². The highest BCUT2D eigenvalue weighted by atomic mass is 16.5. The molecule has 4 rings (SSSR count). The van der Waals surface area contributed by atoms with Gasteiger partial charge >= 0.3 is 0 Å². The Kier molecular flexibility index (Phi) is 7.29. The molecule has 0 aromatic heterocycles. The van der Waals surface area contributed by atoms with Gasteiger partial charge in [-0.1, -0.05) is 18.2 Å². The molecular formula is C25H33N5O2. The van der Waals surface area contributed by atoms with E-state index in [2.05, 4.69) is 64.1 Å². The number of anilines is 2. The number of hydrogen-bond acceptors (Lipinski definition) is 6. The van der Waals surface area contributed by atoms with E-state index in [0.29, 0.717) is 6.61 Å². The number of para-hydroxylation sites is 1. The molecule has 2 aliphatic rings. The van der Waals surface area contributed by atoms with Crippen molar-refractivity contribution in [3.8, 4) is 5.75 Å². The van der Waals surface area contributed by atoms with Crippen molar-refractivity contribution in [1.29, 1.82) is 0 Å². The van der Waals surface area contributed by atoms with Gasteiger partial charge in [-0.25, -0.2) is 0 Å². The molecule has 170 valence electrons. The first-order chi connectivity index (χ1) is 15.6. The van der Waals surface area contributed by atoms with Gasteiger partial charge in [-0.3, -0.25) is 9.69 Å². The fourth-order valence-electron chi connectivity index (χ4n) is 4.17. The molecule has 0 atom stereocenters. The lowest BCUT2D eigenvalue weighted by Gasteiger charge is -2.37. The van der Waals surface area contributed by atoms with E-state index in [0.717, 1.165) is 51.7 Å². The number of carbonyl (C=O) groups is 1. The zero-order valence-electron chi connectivity index (χ0n) is 18.8. The van der Waals surface area contributed by atoms with Crippen molar-refractivity contribution < 1.29 is 9.53 Å². The van der Waals surface area contributed by atoms with Crippen molar-refractivity contribution in [1.82, 2.24) is 9.80 Å². The average molecular weight is 436 g/mol. The van der Waals surface area contributed by atoms with E-state index in [-0.39, 0.29) is 12.5 Å². The number of amides is 1. The summed E-state index contributed by atoms with van der Waals surface area (Å²) in [6, 6.07) is 18.8. The first-order valence-corrected chi connectivity index (χ1v) is 11.3. The largest absolute Gasteiger partial charge is 0.492 e. The van der Waals surface area contributed by atoms with Crippen molar-refractivity contribution in [2.45, 2.75) is 6.92 Å². The smallest absolute Gasteiger partial charge is 0.236 e. The average Bonchev–Trinajstić information content (AvgIpc) is 2.85. The van der Waals surface area contributed by atoms with E-state index in [4.69, 9.17) is 10.5 Å². The van der Waals surface area contributed by atoms with E-state index >= 15 is 0 Å². The van der Waals surface area contributed by atoms with E-state index < -0.39 is 0 Å². The van der Waals surface area contributed by atoms with Crippen LogP contribution in [0.3, 0.4) is 0 Å². The van der Waals surface area contributed by atoms with E-state index in [9.17, 15) is 4.79 Å². The molecule has 0 bridgehead atoms. The summed E-state index contributed by atoms with van der Waals surface area (Å²) < 4.78 is 5.97. The minimum Gasteiger partial charge on any atom is -0.492 e. The number of nitrogens with two attached hydrogens (primary N) is 1. The molecular weight excluding hydrogens is 402 g/mol. The van der Waals surface area contributed by atoms with Gasteiger partial charge in [-0.2, -0.15) is 0 Å². The number of benzene rings is 2. The van der Waals surface area contributed by atoms with Crippen LogP contribution in [0.25, 0.3) is 0 Å². The summed E-state index contributed by atoms with van der Waals surface area (Å²) in [5.74, 6) is 0.918. The lowest BCUT2D eigenvalue weighted by atomic mass is 10.2. The maximum atomic E-state index is 11.7. The Morgan fingerprint density at radius 1 is 0.969 bits per heavy atom. The molecule has 2 N–H and O–H groups in total. The maximum Gasteiger partial charge on any atom is 0.236 e. The third kappa shape index (κ3) is 5.41. The fraction of sp³-hybridized carbons (Fsp3) is 0.400. The Labute approximate surface area is 190 Å². The van der Waals surface area contributed by atoms with Gasteiger partial charge in [0, 0.05) is 56.3 Å². The van der Waals surface area contributed by atoms with Crippen LogP contribution in [-0.2, 0) is 4.79 Å². The van der Waals surface area contributed by atoms with Gasteiger partial charge in [0.25, 0.3) is 0 Å². The van der Waals surface area contributed by atoms with Crippen LogP contribution < -0.4 is 20.3 Å². The van der Waals surface area contributed by atoms with E-state index in [1.807, 2.05) is 23.1 Å². The molecule has 7 heteroatoms. The van der Waals surface area contributed by atoms with E-state index in [1.165, 1.54) is 17.1 Å². The molecule has 0 saturated carbocycles. The number of carbonyl (C=O) groups excluding carboxylic acids is 1. The fourth-order valence-corrected chi connectivity index (χ4v) is 4.17. The van der Waals surface area contributed by atoms with Crippen LogP contribution in [0.15, 0.2) is 66.4 Å². The summed E-state index contributed by atoms with van der Waals surface area (Å²) in [5.41, 5.74) is 9.12. The molecule has 2 aromatic carbocycles. The highest BCUT2D eigenvalue weighted by Gasteiger charge is 2.20.